The van der Waals surface area contributed by atoms with Crippen LogP contribution in [0.1, 0.15) is 23.1 Å². The Balaban J connectivity index is 2.39. The Morgan fingerprint density at radius 3 is 2.30 bits per heavy atom. The number of ketones is 1. The molecule has 0 saturated carbocycles. The topological polar surface area (TPSA) is 69.9 Å². The number of carbonyl (C=O) groups is 1. The maximum Gasteiger partial charge on any atom is 0.451 e. The van der Waals surface area contributed by atoms with Crippen LogP contribution in [-0.4, -0.2) is 32.6 Å². The third kappa shape index (κ3) is 2.60. The van der Waals surface area contributed by atoms with E-state index in [1.54, 1.807) is 0 Å². The first-order valence-electron chi connectivity index (χ1n) is 5.37. The largest absolute Gasteiger partial charge is 0.479 e. The molecule has 2 heterocycles. The van der Waals surface area contributed by atoms with Crippen molar-refractivity contribution < 1.29 is 22.7 Å². The van der Waals surface area contributed by atoms with Crippen molar-refractivity contribution >= 4 is 5.78 Å². The van der Waals surface area contributed by atoms with E-state index in [9.17, 15) is 18.0 Å². The van der Waals surface area contributed by atoms with Gasteiger partial charge in [-0.3, -0.25) is 4.79 Å². The number of halogens is 3. The predicted octanol–water partition coefficient (Wildman–Crippen LogP) is 1.89. The van der Waals surface area contributed by atoms with Gasteiger partial charge < -0.3 is 4.74 Å². The van der Waals surface area contributed by atoms with E-state index in [2.05, 4.69) is 15.1 Å². The number of carbonyl (C=O) groups excluding carboxylic acids is 1. The van der Waals surface area contributed by atoms with E-state index in [-0.39, 0.29) is 22.9 Å². The highest BCUT2D eigenvalue weighted by atomic mass is 19.4. The molecule has 2 aromatic heterocycles. The molecule has 2 rings (SSSR count). The predicted molar refractivity (Wildman–Crippen MR) is 60.7 cm³/mol. The minimum atomic E-state index is -4.61. The van der Waals surface area contributed by atoms with E-state index in [0.29, 0.717) is 0 Å². The molecular formula is C11H9F3N4O2. The van der Waals surface area contributed by atoms with Gasteiger partial charge in [-0.25, -0.2) is 14.6 Å². The minimum absolute atomic E-state index is 0.0809. The molecule has 0 saturated heterocycles. The molecule has 0 bridgehead atoms. The van der Waals surface area contributed by atoms with Crippen LogP contribution >= 0.6 is 0 Å². The van der Waals surface area contributed by atoms with E-state index in [1.807, 2.05) is 0 Å². The molecule has 0 N–H and O–H groups in total. The van der Waals surface area contributed by atoms with Gasteiger partial charge in [0, 0.05) is 6.20 Å². The zero-order valence-electron chi connectivity index (χ0n) is 10.5. The number of hydrogen-bond acceptors (Lipinski definition) is 5. The lowest BCUT2D eigenvalue weighted by Gasteiger charge is -2.05. The first kappa shape index (κ1) is 14.0. The smallest absolute Gasteiger partial charge is 0.451 e. The molecule has 0 aromatic carbocycles. The summed E-state index contributed by atoms with van der Waals surface area (Å²) < 4.78 is 43.1. The van der Waals surface area contributed by atoms with Crippen molar-refractivity contribution in [2.45, 2.75) is 13.1 Å². The second-order valence-corrected chi connectivity index (χ2v) is 3.82. The van der Waals surface area contributed by atoms with Crippen molar-refractivity contribution in [2.75, 3.05) is 7.11 Å². The number of nitrogens with zero attached hydrogens (tertiary/aromatic N) is 4. The number of Topliss-reactive ketones (excluding diaryl/α,β-unsaturated/α-hetero) is 1. The average Bonchev–Trinajstić information content (AvgIpc) is 2.82. The molecule has 0 spiro atoms. The molecule has 0 atom stereocenters. The third-order valence-corrected chi connectivity index (χ3v) is 2.41. The van der Waals surface area contributed by atoms with Crippen LogP contribution < -0.4 is 4.74 Å². The lowest BCUT2D eigenvalue weighted by molar-refractivity contribution is -0.145. The average molecular weight is 286 g/mol. The number of aromatic nitrogens is 4. The van der Waals surface area contributed by atoms with E-state index in [1.165, 1.54) is 24.9 Å². The van der Waals surface area contributed by atoms with Crippen LogP contribution in [0.4, 0.5) is 13.2 Å². The Kier molecular flexibility index (Phi) is 3.43. The molecule has 20 heavy (non-hydrogen) atoms. The molecule has 0 aliphatic rings. The molecule has 0 unspecified atom stereocenters. The fourth-order valence-corrected chi connectivity index (χ4v) is 1.47. The van der Waals surface area contributed by atoms with E-state index >= 15 is 0 Å². The fourth-order valence-electron chi connectivity index (χ4n) is 1.47. The first-order chi connectivity index (χ1) is 9.32. The highest BCUT2D eigenvalue weighted by Crippen LogP contribution is 2.26. The summed E-state index contributed by atoms with van der Waals surface area (Å²) >= 11 is 0. The first-order valence-corrected chi connectivity index (χ1v) is 5.37. The van der Waals surface area contributed by atoms with Crippen LogP contribution in [0.3, 0.4) is 0 Å². The summed E-state index contributed by atoms with van der Waals surface area (Å²) in [5.41, 5.74) is 0.399. The molecule has 2 aromatic rings. The maximum absolute atomic E-state index is 12.3. The van der Waals surface area contributed by atoms with Crippen LogP contribution in [-0.2, 0) is 6.18 Å². The molecule has 0 fully saturated rings. The van der Waals surface area contributed by atoms with E-state index in [4.69, 9.17) is 4.74 Å². The summed E-state index contributed by atoms with van der Waals surface area (Å²) in [6.45, 7) is 1.33. The summed E-state index contributed by atoms with van der Waals surface area (Å²) in [5, 5.41) is 3.92. The van der Waals surface area contributed by atoms with Crippen molar-refractivity contribution in [3.05, 3.63) is 30.0 Å². The number of methoxy groups -OCH3 is 1. The summed E-state index contributed by atoms with van der Waals surface area (Å²) in [5.74, 6) is -1.44. The van der Waals surface area contributed by atoms with Gasteiger partial charge in [-0.1, -0.05) is 0 Å². The number of alkyl halides is 3. The second kappa shape index (κ2) is 4.91. The van der Waals surface area contributed by atoms with Crippen LogP contribution in [0.5, 0.6) is 5.88 Å². The van der Waals surface area contributed by atoms with Gasteiger partial charge in [-0.2, -0.15) is 13.2 Å². The maximum atomic E-state index is 12.3. The quantitative estimate of drug-likeness (QED) is 0.806. The second-order valence-electron chi connectivity index (χ2n) is 3.82. The zero-order valence-corrected chi connectivity index (χ0v) is 10.5. The van der Waals surface area contributed by atoms with Gasteiger partial charge in [-0.05, 0) is 6.92 Å². The molecular weight excluding hydrogens is 277 g/mol. The standard InChI is InChI=1S/C11H9F3N4O2/c1-6(19)8-5-18(17-9(8)20-2)7-3-15-10(16-4-7)11(12,13)14/h3-5H,1-2H3. The summed E-state index contributed by atoms with van der Waals surface area (Å²) in [6.07, 6.45) is -1.34. The normalized spacial score (nSPS) is 11.4. The Bertz CT molecular complexity index is 634. The van der Waals surface area contributed by atoms with Crippen LogP contribution in [0.2, 0.25) is 0 Å². The lowest BCUT2D eigenvalue weighted by Crippen LogP contribution is -2.11. The summed E-state index contributed by atoms with van der Waals surface area (Å²) in [7, 11) is 1.34. The van der Waals surface area contributed by atoms with Crippen molar-refractivity contribution in [1.29, 1.82) is 0 Å². The van der Waals surface area contributed by atoms with Gasteiger partial charge in [0.05, 0.1) is 25.1 Å². The Hall–Kier alpha value is -2.45. The highest BCUT2D eigenvalue weighted by molar-refractivity contribution is 5.96. The number of ether oxygens (including phenoxy) is 1. The Labute approximate surface area is 111 Å². The molecule has 0 aliphatic heterocycles. The Morgan fingerprint density at radius 2 is 1.90 bits per heavy atom. The van der Waals surface area contributed by atoms with Crippen molar-refractivity contribution in [3.8, 4) is 11.6 Å². The molecule has 6 nitrogen and oxygen atoms in total. The van der Waals surface area contributed by atoms with E-state index in [0.717, 1.165) is 12.4 Å². The van der Waals surface area contributed by atoms with Crippen molar-refractivity contribution in [3.63, 3.8) is 0 Å². The summed E-state index contributed by atoms with van der Waals surface area (Å²) in [6, 6.07) is 0. The van der Waals surface area contributed by atoms with Gasteiger partial charge in [0.15, 0.2) is 5.78 Å². The minimum Gasteiger partial charge on any atom is -0.479 e. The SMILES string of the molecule is COc1nn(-c2cnc(C(F)(F)F)nc2)cc1C(C)=O. The molecule has 0 radical (unpaired) electrons. The molecule has 9 heteroatoms. The summed E-state index contributed by atoms with van der Waals surface area (Å²) in [4.78, 5) is 17.8. The van der Waals surface area contributed by atoms with Gasteiger partial charge in [0.25, 0.3) is 0 Å². The molecule has 0 amide bonds. The van der Waals surface area contributed by atoms with E-state index < -0.39 is 12.0 Å². The van der Waals surface area contributed by atoms with Gasteiger partial charge >= 0.3 is 6.18 Å². The molecule has 106 valence electrons. The Morgan fingerprint density at radius 1 is 1.30 bits per heavy atom. The number of rotatable bonds is 3. The van der Waals surface area contributed by atoms with Gasteiger partial charge in [0.1, 0.15) is 5.69 Å². The highest BCUT2D eigenvalue weighted by Gasteiger charge is 2.34. The van der Waals surface area contributed by atoms with Crippen LogP contribution in [0.15, 0.2) is 18.6 Å². The monoisotopic (exact) mass is 286 g/mol. The van der Waals surface area contributed by atoms with Crippen molar-refractivity contribution in [2.24, 2.45) is 0 Å². The van der Waals surface area contributed by atoms with Crippen molar-refractivity contribution in [1.82, 2.24) is 19.7 Å². The number of hydrogen-bond donors (Lipinski definition) is 0. The lowest BCUT2D eigenvalue weighted by atomic mass is 10.2. The molecule has 0 aliphatic carbocycles. The fraction of sp³-hybridized carbons (Fsp3) is 0.273. The van der Waals surface area contributed by atoms with Gasteiger partial charge in [0.2, 0.25) is 11.7 Å². The van der Waals surface area contributed by atoms with Crippen LogP contribution in [0.25, 0.3) is 5.69 Å². The van der Waals surface area contributed by atoms with Crippen LogP contribution in [0, 0.1) is 0 Å². The third-order valence-electron chi connectivity index (χ3n) is 2.41. The van der Waals surface area contributed by atoms with Gasteiger partial charge in [-0.15, -0.1) is 5.10 Å². The zero-order chi connectivity index (χ0) is 14.9.